The first-order chi connectivity index (χ1) is 11.6. The molecule has 1 amide bonds. The van der Waals surface area contributed by atoms with Gasteiger partial charge in [0.25, 0.3) is 11.8 Å². The molecule has 0 unspecified atom stereocenters. The molecule has 1 N–H and O–H groups in total. The van der Waals surface area contributed by atoms with Gasteiger partial charge in [-0.15, -0.1) is 0 Å². The molecule has 0 atom stereocenters. The van der Waals surface area contributed by atoms with Crippen LogP contribution in [0.1, 0.15) is 35.7 Å². The van der Waals surface area contributed by atoms with Crippen molar-refractivity contribution in [3.8, 4) is 17.3 Å². The highest BCUT2D eigenvalue weighted by atomic mass is 16.5. The smallest absolute Gasteiger partial charge is 0.259 e. The standard InChI is InChI=1S/C16H18N6O2/c1-4-13-20-16(24-21-13)11-6-7-14(18-8-11)22-10(3)12(9-19-22)15(23)17-5-2/h6-9H,4-5H2,1-3H3,(H,17,23). The molecule has 0 saturated carbocycles. The zero-order valence-electron chi connectivity index (χ0n) is 13.8. The maximum atomic E-state index is 12.0. The second kappa shape index (κ2) is 6.61. The van der Waals surface area contributed by atoms with Crippen molar-refractivity contribution in [3.05, 3.63) is 41.6 Å². The lowest BCUT2D eigenvalue weighted by atomic mass is 10.2. The summed E-state index contributed by atoms with van der Waals surface area (Å²) in [6.07, 6.45) is 3.90. The lowest BCUT2D eigenvalue weighted by Gasteiger charge is -2.05. The van der Waals surface area contributed by atoms with Crippen LogP contribution in [-0.4, -0.2) is 37.4 Å². The van der Waals surface area contributed by atoms with Gasteiger partial charge in [0, 0.05) is 19.2 Å². The molecule has 0 aliphatic carbocycles. The highest BCUT2D eigenvalue weighted by molar-refractivity contribution is 5.95. The third kappa shape index (κ3) is 2.90. The van der Waals surface area contributed by atoms with E-state index in [1.165, 1.54) is 0 Å². The van der Waals surface area contributed by atoms with E-state index in [0.717, 1.165) is 11.3 Å². The predicted molar refractivity (Wildman–Crippen MR) is 86.8 cm³/mol. The van der Waals surface area contributed by atoms with Gasteiger partial charge in [-0.05, 0) is 26.0 Å². The number of aromatic nitrogens is 5. The topological polar surface area (TPSA) is 98.7 Å². The van der Waals surface area contributed by atoms with Crippen LogP contribution in [0.4, 0.5) is 0 Å². The molecule has 0 aliphatic rings. The van der Waals surface area contributed by atoms with Gasteiger partial charge in [0.1, 0.15) is 0 Å². The molecule has 124 valence electrons. The Bertz CT molecular complexity index is 850. The second-order valence-corrected chi connectivity index (χ2v) is 5.19. The monoisotopic (exact) mass is 326 g/mol. The van der Waals surface area contributed by atoms with Crippen LogP contribution < -0.4 is 5.32 Å². The molecule has 3 aromatic rings. The number of carbonyl (C=O) groups is 1. The van der Waals surface area contributed by atoms with E-state index in [9.17, 15) is 4.79 Å². The third-order valence-electron chi connectivity index (χ3n) is 3.59. The number of nitrogens with zero attached hydrogens (tertiary/aromatic N) is 5. The van der Waals surface area contributed by atoms with Crippen LogP contribution in [0.25, 0.3) is 17.3 Å². The van der Waals surface area contributed by atoms with E-state index in [1.807, 2.05) is 26.8 Å². The number of hydrogen-bond donors (Lipinski definition) is 1. The first kappa shape index (κ1) is 15.9. The molecule has 0 radical (unpaired) electrons. The summed E-state index contributed by atoms with van der Waals surface area (Å²) in [6.45, 7) is 6.24. The summed E-state index contributed by atoms with van der Waals surface area (Å²) in [7, 11) is 0. The van der Waals surface area contributed by atoms with Gasteiger partial charge >= 0.3 is 0 Å². The Morgan fingerprint density at radius 2 is 2.12 bits per heavy atom. The number of amides is 1. The zero-order chi connectivity index (χ0) is 17.1. The van der Waals surface area contributed by atoms with E-state index < -0.39 is 0 Å². The summed E-state index contributed by atoms with van der Waals surface area (Å²) < 4.78 is 6.82. The van der Waals surface area contributed by atoms with Crippen LogP contribution in [0, 0.1) is 6.92 Å². The Morgan fingerprint density at radius 3 is 2.75 bits per heavy atom. The van der Waals surface area contributed by atoms with Crippen molar-refractivity contribution in [2.45, 2.75) is 27.2 Å². The molecule has 3 rings (SSSR count). The van der Waals surface area contributed by atoms with Crippen LogP contribution in [0.3, 0.4) is 0 Å². The van der Waals surface area contributed by atoms with Gasteiger partial charge in [-0.25, -0.2) is 9.67 Å². The van der Waals surface area contributed by atoms with Crippen LogP contribution in [0.5, 0.6) is 0 Å². The Morgan fingerprint density at radius 1 is 1.29 bits per heavy atom. The number of pyridine rings is 1. The zero-order valence-corrected chi connectivity index (χ0v) is 13.8. The van der Waals surface area contributed by atoms with Crippen molar-refractivity contribution >= 4 is 5.91 Å². The minimum atomic E-state index is -0.143. The highest BCUT2D eigenvalue weighted by Crippen LogP contribution is 2.19. The fraction of sp³-hybridized carbons (Fsp3) is 0.312. The summed E-state index contributed by atoms with van der Waals surface area (Å²) >= 11 is 0. The minimum Gasteiger partial charge on any atom is -0.352 e. The molecule has 0 bridgehead atoms. The average Bonchev–Trinajstić information content (AvgIpc) is 3.22. The second-order valence-electron chi connectivity index (χ2n) is 5.19. The van der Waals surface area contributed by atoms with E-state index in [1.54, 1.807) is 23.1 Å². The molecule has 0 aromatic carbocycles. The number of carbonyl (C=O) groups excluding carboxylic acids is 1. The summed E-state index contributed by atoms with van der Waals surface area (Å²) in [4.78, 5) is 20.6. The average molecular weight is 326 g/mol. The van der Waals surface area contributed by atoms with Crippen LogP contribution in [-0.2, 0) is 6.42 Å². The van der Waals surface area contributed by atoms with Gasteiger partial charge < -0.3 is 9.84 Å². The molecule has 0 fully saturated rings. The Hall–Kier alpha value is -3.03. The molecule has 3 heterocycles. The molecule has 8 heteroatoms. The van der Waals surface area contributed by atoms with Gasteiger partial charge in [0.15, 0.2) is 11.6 Å². The van der Waals surface area contributed by atoms with Crippen molar-refractivity contribution < 1.29 is 9.32 Å². The summed E-state index contributed by atoms with van der Waals surface area (Å²) in [5.74, 6) is 1.56. The quantitative estimate of drug-likeness (QED) is 0.769. The van der Waals surface area contributed by atoms with Crippen molar-refractivity contribution in [3.63, 3.8) is 0 Å². The number of rotatable bonds is 5. The fourth-order valence-corrected chi connectivity index (χ4v) is 2.27. The molecule has 0 spiro atoms. The highest BCUT2D eigenvalue weighted by Gasteiger charge is 2.15. The van der Waals surface area contributed by atoms with E-state index in [0.29, 0.717) is 36.1 Å². The minimum absolute atomic E-state index is 0.143. The molecule has 0 aliphatic heterocycles. The van der Waals surface area contributed by atoms with Crippen molar-refractivity contribution in [1.82, 2.24) is 30.2 Å². The van der Waals surface area contributed by atoms with Crippen LogP contribution in [0.2, 0.25) is 0 Å². The lowest BCUT2D eigenvalue weighted by molar-refractivity contribution is 0.0955. The number of hydrogen-bond acceptors (Lipinski definition) is 6. The molecule has 3 aromatic heterocycles. The molecular formula is C16H18N6O2. The SMILES string of the molecule is CCNC(=O)c1cnn(-c2ccc(-c3nc(CC)no3)cn2)c1C. The molecule has 8 nitrogen and oxygen atoms in total. The largest absolute Gasteiger partial charge is 0.352 e. The molecular weight excluding hydrogens is 308 g/mol. The Labute approximate surface area is 138 Å². The van der Waals surface area contributed by atoms with Gasteiger partial charge in [-0.3, -0.25) is 4.79 Å². The first-order valence-electron chi connectivity index (χ1n) is 7.76. The maximum Gasteiger partial charge on any atom is 0.259 e. The van der Waals surface area contributed by atoms with Crippen molar-refractivity contribution in [1.29, 1.82) is 0 Å². The van der Waals surface area contributed by atoms with Gasteiger partial charge in [0.05, 0.1) is 23.0 Å². The normalized spacial score (nSPS) is 10.8. The van der Waals surface area contributed by atoms with E-state index >= 15 is 0 Å². The third-order valence-corrected chi connectivity index (χ3v) is 3.59. The first-order valence-corrected chi connectivity index (χ1v) is 7.76. The van der Waals surface area contributed by atoms with Crippen molar-refractivity contribution in [2.24, 2.45) is 0 Å². The summed E-state index contributed by atoms with van der Waals surface area (Å²) in [6, 6.07) is 3.63. The number of nitrogens with one attached hydrogen (secondary N) is 1. The Balaban J connectivity index is 1.87. The molecule has 24 heavy (non-hydrogen) atoms. The van der Waals surface area contributed by atoms with Crippen LogP contribution in [0.15, 0.2) is 29.0 Å². The molecule has 0 saturated heterocycles. The predicted octanol–water partition coefficient (Wildman–Crippen LogP) is 1.94. The van der Waals surface area contributed by atoms with Gasteiger partial charge in [-0.2, -0.15) is 10.1 Å². The summed E-state index contributed by atoms with van der Waals surface area (Å²) in [5, 5.41) is 10.9. The number of aryl methyl sites for hydroxylation is 1. The van der Waals surface area contributed by atoms with Gasteiger partial charge in [0.2, 0.25) is 0 Å². The van der Waals surface area contributed by atoms with E-state index in [2.05, 4.69) is 25.5 Å². The maximum absolute atomic E-state index is 12.0. The van der Waals surface area contributed by atoms with Crippen molar-refractivity contribution in [2.75, 3.05) is 6.54 Å². The van der Waals surface area contributed by atoms with E-state index in [-0.39, 0.29) is 5.91 Å². The summed E-state index contributed by atoms with van der Waals surface area (Å²) in [5.41, 5.74) is 2.00. The van der Waals surface area contributed by atoms with E-state index in [4.69, 9.17) is 4.52 Å². The Kier molecular flexibility index (Phi) is 4.37. The lowest BCUT2D eigenvalue weighted by Crippen LogP contribution is -2.23. The van der Waals surface area contributed by atoms with Gasteiger partial charge in [-0.1, -0.05) is 12.1 Å². The van der Waals surface area contributed by atoms with Crippen LogP contribution >= 0.6 is 0 Å². The fourth-order valence-electron chi connectivity index (χ4n) is 2.27.